The van der Waals surface area contributed by atoms with E-state index >= 15 is 0 Å². The minimum atomic E-state index is -0.0752. The van der Waals surface area contributed by atoms with Crippen LogP contribution in [0.3, 0.4) is 0 Å². The molecule has 98 valence electrons. The lowest BCUT2D eigenvalue weighted by Gasteiger charge is -2.20. The standard InChI is InChI=1S/C17H18O2/c1-2-8-17(19-15-10-4-3-5-11-15)16-12-7-6-9-14(16)13-18/h3-7,9-13,17H,2,8H2,1H3. The fourth-order valence-electron chi connectivity index (χ4n) is 2.11. The Hall–Kier alpha value is -2.09. The molecule has 2 aromatic carbocycles. The van der Waals surface area contributed by atoms with E-state index in [9.17, 15) is 4.79 Å². The summed E-state index contributed by atoms with van der Waals surface area (Å²) >= 11 is 0. The zero-order chi connectivity index (χ0) is 13.5. The van der Waals surface area contributed by atoms with Crippen LogP contribution in [0.4, 0.5) is 0 Å². The molecule has 0 aliphatic heterocycles. The zero-order valence-corrected chi connectivity index (χ0v) is 11.1. The Morgan fingerprint density at radius 1 is 1.05 bits per heavy atom. The summed E-state index contributed by atoms with van der Waals surface area (Å²) in [5.74, 6) is 0.835. The fraction of sp³-hybridized carbons (Fsp3) is 0.235. The molecule has 2 rings (SSSR count). The van der Waals surface area contributed by atoms with Gasteiger partial charge in [-0.05, 0) is 18.6 Å². The number of benzene rings is 2. The molecule has 0 amide bonds. The molecule has 2 aromatic rings. The third kappa shape index (κ3) is 3.44. The highest BCUT2D eigenvalue weighted by molar-refractivity contribution is 5.77. The van der Waals surface area contributed by atoms with Gasteiger partial charge in [0.25, 0.3) is 0 Å². The van der Waals surface area contributed by atoms with Crippen molar-refractivity contribution in [2.75, 3.05) is 0 Å². The Labute approximate surface area is 114 Å². The average Bonchev–Trinajstić information content (AvgIpc) is 2.48. The molecule has 0 aromatic heterocycles. The van der Waals surface area contributed by atoms with Crippen molar-refractivity contribution in [3.05, 3.63) is 65.7 Å². The van der Waals surface area contributed by atoms with Crippen LogP contribution in [0.5, 0.6) is 5.75 Å². The van der Waals surface area contributed by atoms with Crippen LogP contribution < -0.4 is 4.74 Å². The summed E-state index contributed by atoms with van der Waals surface area (Å²) in [7, 11) is 0. The van der Waals surface area contributed by atoms with Crippen LogP contribution in [0.15, 0.2) is 54.6 Å². The molecule has 0 aliphatic rings. The topological polar surface area (TPSA) is 26.3 Å². The zero-order valence-electron chi connectivity index (χ0n) is 11.1. The van der Waals surface area contributed by atoms with E-state index in [0.717, 1.165) is 30.4 Å². The second-order valence-corrected chi connectivity index (χ2v) is 4.45. The third-order valence-corrected chi connectivity index (χ3v) is 3.04. The molecule has 0 saturated carbocycles. The number of hydrogen-bond donors (Lipinski definition) is 0. The highest BCUT2D eigenvalue weighted by atomic mass is 16.5. The van der Waals surface area contributed by atoms with Gasteiger partial charge in [-0.1, -0.05) is 55.8 Å². The number of hydrogen-bond acceptors (Lipinski definition) is 2. The van der Waals surface area contributed by atoms with Crippen LogP contribution in [0.25, 0.3) is 0 Å². The molecule has 19 heavy (non-hydrogen) atoms. The summed E-state index contributed by atoms with van der Waals surface area (Å²) in [4.78, 5) is 11.1. The molecule has 0 aliphatic carbocycles. The van der Waals surface area contributed by atoms with E-state index in [2.05, 4.69) is 6.92 Å². The van der Waals surface area contributed by atoms with Crippen molar-refractivity contribution in [3.8, 4) is 5.75 Å². The smallest absolute Gasteiger partial charge is 0.150 e. The van der Waals surface area contributed by atoms with Crippen molar-refractivity contribution >= 4 is 6.29 Å². The minimum Gasteiger partial charge on any atom is -0.486 e. The molecule has 0 saturated heterocycles. The number of carbonyl (C=O) groups is 1. The number of para-hydroxylation sites is 1. The number of rotatable bonds is 6. The largest absolute Gasteiger partial charge is 0.486 e. The Bertz CT molecular complexity index is 520. The predicted molar refractivity (Wildman–Crippen MR) is 76.5 cm³/mol. The van der Waals surface area contributed by atoms with Crippen molar-refractivity contribution in [2.45, 2.75) is 25.9 Å². The Kier molecular flexibility index (Phi) is 4.73. The average molecular weight is 254 g/mol. The Morgan fingerprint density at radius 2 is 1.74 bits per heavy atom. The maximum atomic E-state index is 11.1. The van der Waals surface area contributed by atoms with Crippen LogP contribution in [0, 0.1) is 0 Å². The monoisotopic (exact) mass is 254 g/mol. The number of aldehydes is 1. The molecule has 0 spiro atoms. The van der Waals surface area contributed by atoms with Crippen molar-refractivity contribution in [1.29, 1.82) is 0 Å². The van der Waals surface area contributed by atoms with Gasteiger partial charge in [0.05, 0.1) is 0 Å². The molecule has 2 nitrogen and oxygen atoms in total. The molecule has 2 heteroatoms. The quantitative estimate of drug-likeness (QED) is 0.713. The van der Waals surface area contributed by atoms with Gasteiger partial charge in [-0.3, -0.25) is 4.79 Å². The van der Waals surface area contributed by atoms with E-state index in [1.807, 2.05) is 54.6 Å². The predicted octanol–water partition coefficient (Wildman–Crippen LogP) is 4.42. The molecule has 1 atom stereocenters. The third-order valence-electron chi connectivity index (χ3n) is 3.04. The fourth-order valence-corrected chi connectivity index (χ4v) is 2.11. The van der Waals surface area contributed by atoms with Gasteiger partial charge in [0.15, 0.2) is 0 Å². The summed E-state index contributed by atoms with van der Waals surface area (Å²) in [5, 5.41) is 0. The lowest BCUT2D eigenvalue weighted by molar-refractivity contribution is 0.111. The van der Waals surface area contributed by atoms with Gasteiger partial charge < -0.3 is 4.74 Å². The van der Waals surface area contributed by atoms with Gasteiger partial charge >= 0.3 is 0 Å². The molecule has 0 N–H and O–H groups in total. The van der Waals surface area contributed by atoms with E-state index < -0.39 is 0 Å². The molecule has 0 fully saturated rings. The normalized spacial score (nSPS) is 11.8. The summed E-state index contributed by atoms with van der Waals surface area (Å²) in [6, 6.07) is 17.3. The summed E-state index contributed by atoms with van der Waals surface area (Å²) in [6.45, 7) is 2.12. The van der Waals surface area contributed by atoms with E-state index in [-0.39, 0.29) is 6.10 Å². The maximum absolute atomic E-state index is 11.1. The SMILES string of the molecule is CCCC(Oc1ccccc1)c1ccccc1C=O. The number of carbonyl (C=O) groups excluding carboxylic acids is 1. The van der Waals surface area contributed by atoms with Crippen molar-refractivity contribution in [3.63, 3.8) is 0 Å². The van der Waals surface area contributed by atoms with Gasteiger partial charge in [0.1, 0.15) is 18.1 Å². The molecule has 0 radical (unpaired) electrons. The lowest BCUT2D eigenvalue weighted by Crippen LogP contribution is -2.10. The van der Waals surface area contributed by atoms with E-state index in [1.165, 1.54) is 0 Å². The Morgan fingerprint density at radius 3 is 2.42 bits per heavy atom. The van der Waals surface area contributed by atoms with Crippen molar-refractivity contribution in [2.24, 2.45) is 0 Å². The van der Waals surface area contributed by atoms with Crippen LogP contribution in [0.2, 0.25) is 0 Å². The van der Waals surface area contributed by atoms with Gasteiger partial charge in [-0.2, -0.15) is 0 Å². The Balaban J connectivity index is 2.27. The van der Waals surface area contributed by atoms with Crippen molar-refractivity contribution in [1.82, 2.24) is 0 Å². The first kappa shape index (κ1) is 13.3. The first-order valence-corrected chi connectivity index (χ1v) is 6.61. The van der Waals surface area contributed by atoms with Crippen LogP contribution in [0.1, 0.15) is 41.8 Å². The van der Waals surface area contributed by atoms with Gasteiger partial charge in [0.2, 0.25) is 0 Å². The summed E-state index contributed by atoms with van der Waals surface area (Å²) in [6.07, 6.45) is 2.71. The molecule has 1 unspecified atom stereocenters. The molecule has 0 bridgehead atoms. The molecular formula is C17H18O2. The lowest BCUT2D eigenvalue weighted by atomic mass is 10.00. The first-order chi connectivity index (χ1) is 9.35. The highest BCUT2D eigenvalue weighted by Crippen LogP contribution is 2.27. The number of ether oxygens (including phenoxy) is 1. The maximum Gasteiger partial charge on any atom is 0.150 e. The van der Waals surface area contributed by atoms with Gasteiger partial charge in [0, 0.05) is 11.1 Å². The summed E-state index contributed by atoms with van der Waals surface area (Å²) < 4.78 is 6.02. The highest BCUT2D eigenvalue weighted by Gasteiger charge is 2.15. The summed E-state index contributed by atoms with van der Waals surface area (Å²) in [5.41, 5.74) is 1.67. The van der Waals surface area contributed by atoms with E-state index in [4.69, 9.17) is 4.74 Å². The van der Waals surface area contributed by atoms with E-state index in [0.29, 0.717) is 5.56 Å². The minimum absolute atomic E-state index is 0.0752. The second kappa shape index (κ2) is 6.74. The van der Waals surface area contributed by atoms with Crippen LogP contribution >= 0.6 is 0 Å². The van der Waals surface area contributed by atoms with Crippen LogP contribution in [-0.4, -0.2) is 6.29 Å². The molecule has 0 heterocycles. The van der Waals surface area contributed by atoms with Gasteiger partial charge in [-0.15, -0.1) is 0 Å². The van der Waals surface area contributed by atoms with Crippen LogP contribution in [-0.2, 0) is 0 Å². The molecular weight excluding hydrogens is 236 g/mol. The van der Waals surface area contributed by atoms with E-state index in [1.54, 1.807) is 0 Å². The van der Waals surface area contributed by atoms with Crippen molar-refractivity contribution < 1.29 is 9.53 Å². The van der Waals surface area contributed by atoms with Gasteiger partial charge in [-0.25, -0.2) is 0 Å². The first-order valence-electron chi connectivity index (χ1n) is 6.61. The second-order valence-electron chi connectivity index (χ2n) is 4.45.